The smallest absolute Gasteiger partial charge is 0.259 e. The van der Waals surface area contributed by atoms with Crippen LogP contribution in [0.1, 0.15) is 0 Å². The number of halogens is 2. The normalized spacial score (nSPS) is 10.8. The number of imidazole rings is 1. The summed E-state index contributed by atoms with van der Waals surface area (Å²) in [6.45, 7) is 0.638. The Labute approximate surface area is 112 Å². The average molecular weight is 400 g/mol. The summed E-state index contributed by atoms with van der Waals surface area (Å²) in [6, 6.07) is 0. The standard InChI is InChI=1S/C8H7BrIN3OS/c9-6-5-13-2-1-11-7(13)8(12-6)14-3-4-15-10/h1-2,5H,3-4H2. The number of rotatable bonds is 4. The van der Waals surface area contributed by atoms with Gasteiger partial charge in [-0.3, -0.25) is 4.40 Å². The van der Waals surface area contributed by atoms with Gasteiger partial charge in [0.2, 0.25) is 5.65 Å². The van der Waals surface area contributed by atoms with Crippen molar-refractivity contribution in [3.63, 3.8) is 0 Å². The summed E-state index contributed by atoms with van der Waals surface area (Å²) >= 11 is 5.57. The highest BCUT2D eigenvalue weighted by Gasteiger charge is 2.06. The molecule has 4 nitrogen and oxygen atoms in total. The summed E-state index contributed by atoms with van der Waals surface area (Å²) in [5.74, 6) is 1.50. The third kappa shape index (κ3) is 2.76. The van der Waals surface area contributed by atoms with Crippen LogP contribution in [0.15, 0.2) is 23.2 Å². The first-order valence-corrected chi connectivity index (χ1v) is 8.49. The van der Waals surface area contributed by atoms with Crippen molar-refractivity contribution in [2.45, 2.75) is 0 Å². The van der Waals surface area contributed by atoms with Gasteiger partial charge in [-0.05, 0) is 37.1 Å². The Bertz CT molecular complexity index is 464. The molecule has 0 fully saturated rings. The second kappa shape index (κ2) is 5.35. The molecular formula is C8H7BrIN3OS. The molecule has 0 saturated heterocycles. The molecule has 0 N–H and O–H groups in total. The number of ether oxygens (including phenoxy) is 1. The Kier molecular flexibility index (Phi) is 4.09. The first kappa shape index (κ1) is 11.5. The third-order valence-corrected chi connectivity index (χ3v) is 3.74. The van der Waals surface area contributed by atoms with Crippen LogP contribution in [0.2, 0.25) is 0 Å². The van der Waals surface area contributed by atoms with E-state index in [2.05, 4.69) is 47.1 Å². The summed E-state index contributed by atoms with van der Waals surface area (Å²) in [4.78, 5) is 8.43. The molecule has 2 rings (SSSR count). The number of aromatic nitrogens is 3. The zero-order chi connectivity index (χ0) is 10.7. The minimum Gasteiger partial charge on any atom is -0.474 e. The van der Waals surface area contributed by atoms with Crippen molar-refractivity contribution >= 4 is 51.7 Å². The molecule has 0 bridgehead atoms. The summed E-state index contributed by atoms with van der Waals surface area (Å²) in [6.07, 6.45) is 5.44. The predicted molar refractivity (Wildman–Crippen MR) is 72.7 cm³/mol. The highest BCUT2D eigenvalue weighted by Crippen LogP contribution is 2.19. The van der Waals surface area contributed by atoms with E-state index in [4.69, 9.17) is 4.74 Å². The van der Waals surface area contributed by atoms with Crippen LogP contribution < -0.4 is 4.74 Å². The second-order valence-electron chi connectivity index (χ2n) is 2.69. The molecule has 80 valence electrons. The minimum atomic E-state index is 0.569. The van der Waals surface area contributed by atoms with E-state index in [1.165, 1.54) is 0 Å². The van der Waals surface area contributed by atoms with Crippen molar-refractivity contribution in [1.82, 2.24) is 14.4 Å². The SMILES string of the molecule is Brc1cn2ccnc2c(OCCSI)n1. The average Bonchev–Trinajstić information content (AvgIpc) is 2.65. The lowest BCUT2D eigenvalue weighted by Gasteiger charge is -2.05. The van der Waals surface area contributed by atoms with Crippen LogP contribution in [0.5, 0.6) is 5.88 Å². The summed E-state index contributed by atoms with van der Waals surface area (Å²) in [5, 5.41) is 0. The molecule has 0 spiro atoms. The largest absolute Gasteiger partial charge is 0.474 e. The minimum absolute atomic E-state index is 0.569. The van der Waals surface area contributed by atoms with E-state index in [9.17, 15) is 0 Å². The van der Waals surface area contributed by atoms with Gasteiger partial charge in [-0.25, -0.2) is 9.97 Å². The summed E-state index contributed by atoms with van der Waals surface area (Å²) in [7, 11) is 1.71. The zero-order valence-corrected chi connectivity index (χ0v) is 12.1. The third-order valence-electron chi connectivity index (χ3n) is 1.71. The maximum atomic E-state index is 5.55. The fourth-order valence-corrected chi connectivity index (χ4v) is 2.21. The monoisotopic (exact) mass is 399 g/mol. The molecule has 0 radical (unpaired) electrons. The molecule has 2 aromatic rings. The van der Waals surface area contributed by atoms with Gasteiger partial charge in [0, 0.05) is 24.3 Å². The lowest BCUT2D eigenvalue weighted by atomic mass is 10.6. The molecule has 0 saturated carbocycles. The van der Waals surface area contributed by atoms with E-state index < -0.39 is 0 Å². The van der Waals surface area contributed by atoms with E-state index >= 15 is 0 Å². The Morgan fingerprint density at radius 2 is 2.47 bits per heavy atom. The fraction of sp³-hybridized carbons (Fsp3) is 0.250. The van der Waals surface area contributed by atoms with Crippen molar-refractivity contribution in [2.24, 2.45) is 0 Å². The van der Waals surface area contributed by atoms with Crippen molar-refractivity contribution in [3.05, 3.63) is 23.2 Å². The highest BCUT2D eigenvalue weighted by atomic mass is 127. The highest BCUT2D eigenvalue weighted by molar-refractivity contribution is 14.2. The number of hydrogen-bond donors (Lipinski definition) is 0. The lowest BCUT2D eigenvalue weighted by molar-refractivity contribution is 0.332. The van der Waals surface area contributed by atoms with Crippen LogP contribution in [0.4, 0.5) is 0 Å². The predicted octanol–water partition coefficient (Wildman–Crippen LogP) is 2.95. The van der Waals surface area contributed by atoms with Crippen molar-refractivity contribution in [3.8, 4) is 5.88 Å². The van der Waals surface area contributed by atoms with Crippen LogP contribution >= 0.6 is 46.1 Å². The van der Waals surface area contributed by atoms with Crippen LogP contribution in [-0.4, -0.2) is 26.7 Å². The van der Waals surface area contributed by atoms with E-state index in [-0.39, 0.29) is 0 Å². The molecule has 15 heavy (non-hydrogen) atoms. The molecule has 0 unspecified atom stereocenters. The van der Waals surface area contributed by atoms with Gasteiger partial charge < -0.3 is 4.74 Å². The molecule has 0 aliphatic rings. The van der Waals surface area contributed by atoms with Crippen molar-refractivity contribution < 1.29 is 4.74 Å². The Balaban J connectivity index is 2.27. The maximum Gasteiger partial charge on any atom is 0.259 e. The first-order chi connectivity index (χ1) is 7.31. The van der Waals surface area contributed by atoms with Gasteiger partial charge in [0.25, 0.3) is 5.88 Å². The van der Waals surface area contributed by atoms with E-state index in [1.54, 1.807) is 15.1 Å². The molecule has 2 aromatic heterocycles. The van der Waals surface area contributed by atoms with Gasteiger partial charge in [-0.2, -0.15) is 0 Å². The van der Waals surface area contributed by atoms with E-state index in [0.717, 1.165) is 16.0 Å². The van der Waals surface area contributed by atoms with Crippen LogP contribution in [0, 0.1) is 0 Å². The lowest BCUT2D eigenvalue weighted by Crippen LogP contribution is -2.03. The zero-order valence-electron chi connectivity index (χ0n) is 7.56. The van der Waals surface area contributed by atoms with Gasteiger partial charge in [-0.15, -0.1) is 0 Å². The molecule has 0 atom stereocenters. The summed E-state index contributed by atoms with van der Waals surface area (Å²) in [5.41, 5.74) is 0.747. The van der Waals surface area contributed by atoms with Crippen molar-refractivity contribution in [1.29, 1.82) is 0 Å². The topological polar surface area (TPSA) is 39.4 Å². The maximum absolute atomic E-state index is 5.55. The van der Waals surface area contributed by atoms with E-state index in [0.29, 0.717) is 12.5 Å². The first-order valence-electron chi connectivity index (χ1n) is 4.17. The van der Waals surface area contributed by atoms with Crippen LogP contribution in [-0.2, 0) is 0 Å². The van der Waals surface area contributed by atoms with Crippen LogP contribution in [0.3, 0.4) is 0 Å². The molecule has 2 heterocycles. The fourth-order valence-electron chi connectivity index (χ4n) is 1.14. The van der Waals surface area contributed by atoms with E-state index in [1.807, 2.05) is 16.8 Å². The molecule has 0 aliphatic heterocycles. The van der Waals surface area contributed by atoms with Crippen LogP contribution in [0.25, 0.3) is 5.65 Å². The second-order valence-corrected chi connectivity index (χ2v) is 6.00. The van der Waals surface area contributed by atoms with Gasteiger partial charge in [0.1, 0.15) is 4.60 Å². The van der Waals surface area contributed by atoms with Gasteiger partial charge in [0.05, 0.1) is 6.61 Å². The molecular weight excluding hydrogens is 393 g/mol. The van der Waals surface area contributed by atoms with Gasteiger partial charge in [0.15, 0.2) is 0 Å². The Morgan fingerprint density at radius 3 is 3.27 bits per heavy atom. The molecule has 0 amide bonds. The summed E-state index contributed by atoms with van der Waals surface area (Å²) < 4.78 is 8.17. The molecule has 0 aliphatic carbocycles. The number of hydrogen-bond acceptors (Lipinski definition) is 4. The Hall–Kier alpha value is -0.0200. The van der Waals surface area contributed by atoms with Gasteiger partial charge >= 0.3 is 0 Å². The number of fused-ring (bicyclic) bond motifs is 1. The van der Waals surface area contributed by atoms with Gasteiger partial charge in [-0.1, -0.05) is 8.93 Å². The molecule has 0 aromatic carbocycles. The van der Waals surface area contributed by atoms with Crippen molar-refractivity contribution in [2.75, 3.05) is 12.4 Å². The molecule has 7 heteroatoms. The number of nitrogens with zero attached hydrogens (tertiary/aromatic N) is 3. The quantitative estimate of drug-likeness (QED) is 0.585. The Morgan fingerprint density at radius 1 is 1.60 bits per heavy atom.